The number of amides is 2. The Balaban J connectivity index is 1.43. The minimum atomic E-state index is -2.98. The van der Waals surface area contributed by atoms with Crippen LogP contribution in [-0.2, 0) is 16.6 Å². The number of carbonyl (C=O) groups excluding carboxylic acids is 2. The average Bonchev–Trinajstić information content (AvgIpc) is 3.13. The summed E-state index contributed by atoms with van der Waals surface area (Å²) in [6.07, 6.45) is 1.24. The molecule has 2 N–H and O–H groups in total. The Kier molecular flexibility index (Phi) is 6.42. The third-order valence-electron chi connectivity index (χ3n) is 5.42. The first kappa shape index (κ1) is 23.5. The van der Waals surface area contributed by atoms with Crippen molar-refractivity contribution in [1.29, 1.82) is 0 Å². The molecule has 2 amide bonds. The third kappa shape index (κ3) is 4.81. The van der Waals surface area contributed by atoms with E-state index in [1.807, 2.05) is 0 Å². The van der Waals surface area contributed by atoms with Crippen molar-refractivity contribution in [2.75, 3.05) is 10.6 Å². The SMILES string of the molecule is C[C@@H](OC(=O)Nc1c(-c2ccc(NC(=O)[C@H]3CCC3(F)F)cn2)nnn1C)c1cccnc1Cl. The number of hydrogen-bond donors (Lipinski definition) is 2. The molecule has 0 aliphatic heterocycles. The fraction of sp³-hybridized carbons (Fsp3) is 0.333. The molecule has 0 unspecified atom stereocenters. The molecule has 1 fully saturated rings. The van der Waals surface area contributed by atoms with Gasteiger partial charge >= 0.3 is 6.09 Å². The van der Waals surface area contributed by atoms with Crippen molar-refractivity contribution in [3.05, 3.63) is 47.4 Å². The van der Waals surface area contributed by atoms with Gasteiger partial charge in [0.1, 0.15) is 17.2 Å². The predicted octanol–water partition coefficient (Wildman–Crippen LogP) is 4.22. The molecule has 0 saturated heterocycles. The first-order valence-corrected chi connectivity index (χ1v) is 10.7. The van der Waals surface area contributed by atoms with Crippen molar-refractivity contribution in [2.24, 2.45) is 13.0 Å². The van der Waals surface area contributed by atoms with Gasteiger partial charge in [0.25, 0.3) is 5.92 Å². The van der Waals surface area contributed by atoms with E-state index in [0.29, 0.717) is 11.3 Å². The lowest BCUT2D eigenvalue weighted by Gasteiger charge is -2.34. The number of nitrogens with zero attached hydrogens (tertiary/aromatic N) is 5. The molecule has 178 valence electrons. The molecule has 34 heavy (non-hydrogen) atoms. The number of rotatable bonds is 6. The van der Waals surface area contributed by atoms with Crippen LogP contribution in [0, 0.1) is 5.92 Å². The van der Waals surface area contributed by atoms with E-state index in [2.05, 4.69) is 30.9 Å². The fourth-order valence-corrected chi connectivity index (χ4v) is 3.66. The van der Waals surface area contributed by atoms with Crippen LogP contribution in [0.5, 0.6) is 0 Å². The van der Waals surface area contributed by atoms with E-state index < -0.39 is 29.9 Å². The minimum Gasteiger partial charge on any atom is -0.441 e. The molecule has 1 aliphatic rings. The van der Waals surface area contributed by atoms with E-state index in [-0.39, 0.29) is 35.2 Å². The van der Waals surface area contributed by atoms with Gasteiger partial charge in [-0.15, -0.1) is 5.10 Å². The van der Waals surface area contributed by atoms with Crippen LogP contribution in [-0.4, -0.2) is 42.9 Å². The molecule has 3 aromatic rings. The highest BCUT2D eigenvalue weighted by Crippen LogP contribution is 2.43. The van der Waals surface area contributed by atoms with E-state index in [1.54, 1.807) is 26.1 Å². The van der Waals surface area contributed by atoms with Crippen molar-refractivity contribution < 1.29 is 23.1 Å². The van der Waals surface area contributed by atoms with Crippen LogP contribution in [0.1, 0.15) is 31.4 Å². The molecule has 0 bridgehead atoms. The number of pyridine rings is 2. The highest BCUT2D eigenvalue weighted by Gasteiger charge is 2.52. The number of halogens is 3. The summed E-state index contributed by atoms with van der Waals surface area (Å²) in [6.45, 7) is 1.65. The quantitative estimate of drug-likeness (QED) is 0.495. The summed E-state index contributed by atoms with van der Waals surface area (Å²) in [5.74, 6) is -4.85. The zero-order valence-electron chi connectivity index (χ0n) is 18.1. The Morgan fingerprint density at radius 3 is 2.68 bits per heavy atom. The van der Waals surface area contributed by atoms with Gasteiger partial charge in [-0.2, -0.15) is 0 Å². The van der Waals surface area contributed by atoms with Gasteiger partial charge < -0.3 is 10.1 Å². The lowest BCUT2D eigenvalue weighted by molar-refractivity contribution is -0.157. The van der Waals surface area contributed by atoms with Gasteiger partial charge in [-0.25, -0.2) is 23.2 Å². The number of alkyl halides is 2. The van der Waals surface area contributed by atoms with Crippen LogP contribution in [0.4, 0.5) is 25.1 Å². The summed E-state index contributed by atoms with van der Waals surface area (Å²) < 4.78 is 33.6. The van der Waals surface area contributed by atoms with Crippen LogP contribution >= 0.6 is 11.6 Å². The predicted molar refractivity (Wildman–Crippen MR) is 118 cm³/mol. The van der Waals surface area contributed by atoms with Gasteiger partial charge in [0.15, 0.2) is 11.5 Å². The van der Waals surface area contributed by atoms with Crippen LogP contribution in [0.3, 0.4) is 0 Å². The summed E-state index contributed by atoms with van der Waals surface area (Å²) in [5.41, 5.74) is 1.38. The van der Waals surface area contributed by atoms with E-state index in [9.17, 15) is 18.4 Å². The molecule has 0 spiro atoms. The van der Waals surface area contributed by atoms with Crippen LogP contribution in [0.25, 0.3) is 11.4 Å². The molecular formula is C21H20ClF2N7O3. The Labute approximate surface area is 197 Å². The molecule has 3 heterocycles. The molecular weight excluding hydrogens is 472 g/mol. The summed E-state index contributed by atoms with van der Waals surface area (Å²) in [4.78, 5) is 32.7. The first-order valence-electron chi connectivity index (χ1n) is 10.3. The summed E-state index contributed by atoms with van der Waals surface area (Å²) in [6, 6.07) is 6.39. The standard InChI is InChI=1S/C21H20ClF2N7O3/c1-11(13-4-3-9-25-17(13)22)34-20(33)28-18-16(29-30-31(18)2)15-6-5-12(10-26-15)27-19(32)14-7-8-21(14,23)24/h3-6,9-11,14H,7-8H2,1-2H3,(H,27,32)(H,28,33)/t11-,14-/m1/s1. The molecule has 3 aromatic heterocycles. The maximum Gasteiger partial charge on any atom is 0.413 e. The Bertz CT molecular complexity index is 1220. The fourth-order valence-electron chi connectivity index (χ4n) is 3.39. The topological polar surface area (TPSA) is 124 Å². The molecule has 0 radical (unpaired) electrons. The third-order valence-corrected chi connectivity index (χ3v) is 5.74. The largest absolute Gasteiger partial charge is 0.441 e. The number of nitrogens with one attached hydrogen (secondary N) is 2. The normalized spacial score (nSPS) is 17.4. The highest BCUT2D eigenvalue weighted by atomic mass is 35.5. The second-order valence-corrected chi connectivity index (χ2v) is 8.10. The van der Waals surface area contributed by atoms with E-state index >= 15 is 0 Å². The average molecular weight is 492 g/mol. The second kappa shape index (κ2) is 9.29. The van der Waals surface area contributed by atoms with E-state index in [1.165, 1.54) is 29.2 Å². The summed E-state index contributed by atoms with van der Waals surface area (Å²) in [5, 5.41) is 13.2. The Morgan fingerprint density at radius 2 is 2.06 bits per heavy atom. The van der Waals surface area contributed by atoms with Crippen molar-refractivity contribution in [2.45, 2.75) is 31.8 Å². The molecule has 1 aliphatic carbocycles. The Hall–Kier alpha value is -3.67. The van der Waals surface area contributed by atoms with Gasteiger partial charge in [0.05, 0.1) is 17.6 Å². The van der Waals surface area contributed by atoms with Gasteiger partial charge in [0, 0.05) is 25.2 Å². The lowest BCUT2D eigenvalue weighted by Crippen LogP contribution is -2.46. The molecule has 2 atom stereocenters. The molecule has 4 rings (SSSR count). The number of anilines is 2. The van der Waals surface area contributed by atoms with Gasteiger partial charge in [0.2, 0.25) is 5.91 Å². The first-order chi connectivity index (χ1) is 16.2. The van der Waals surface area contributed by atoms with Gasteiger partial charge in [-0.3, -0.25) is 15.1 Å². The van der Waals surface area contributed by atoms with E-state index in [4.69, 9.17) is 16.3 Å². The van der Waals surface area contributed by atoms with Crippen LogP contribution in [0.2, 0.25) is 5.15 Å². The van der Waals surface area contributed by atoms with Crippen molar-refractivity contribution in [1.82, 2.24) is 25.0 Å². The number of aromatic nitrogens is 5. The number of ether oxygens (including phenoxy) is 1. The second-order valence-electron chi connectivity index (χ2n) is 7.74. The summed E-state index contributed by atoms with van der Waals surface area (Å²) >= 11 is 6.04. The van der Waals surface area contributed by atoms with E-state index in [0.717, 1.165) is 0 Å². The van der Waals surface area contributed by atoms with Gasteiger partial charge in [-0.1, -0.05) is 22.9 Å². The van der Waals surface area contributed by atoms with Crippen LogP contribution in [0.15, 0.2) is 36.7 Å². The monoisotopic (exact) mass is 491 g/mol. The molecule has 0 aromatic carbocycles. The van der Waals surface area contributed by atoms with Crippen molar-refractivity contribution in [3.63, 3.8) is 0 Å². The number of hydrogen-bond acceptors (Lipinski definition) is 7. The Morgan fingerprint density at radius 1 is 1.26 bits per heavy atom. The zero-order chi connectivity index (χ0) is 24.5. The zero-order valence-corrected chi connectivity index (χ0v) is 18.9. The van der Waals surface area contributed by atoms with Crippen LogP contribution < -0.4 is 10.6 Å². The molecule has 10 nitrogen and oxygen atoms in total. The van der Waals surface area contributed by atoms with Crippen molar-refractivity contribution >= 4 is 35.1 Å². The number of aryl methyl sites for hydroxylation is 1. The maximum atomic E-state index is 13.4. The van der Waals surface area contributed by atoms with Crippen molar-refractivity contribution in [3.8, 4) is 11.4 Å². The number of carbonyl (C=O) groups is 2. The lowest BCUT2D eigenvalue weighted by atomic mass is 9.80. The van der Waals surface area contributed by atoms with Gasteiger partial charge in [-0.05, 0) is 31.5 Å². The highest BCUT2D eigenvalue weighted by molar-refractivity contribution is 6.30. The maximum absolute atomic E-state index is 13.4. The molecule has 1 saturated carbocycles. The smallest absolute Gasteiger partial charge is 0.413 e. The minimum absolute atomic E-state index is 0.140. The molecule has 13 heteroatoms. The summed E-state index contributed by atoms with van der Waals surface area (Å²) in [7, 11) is 1.57.